The molecule has 0 saturated carbocycles. The third kappa shape index (κ3) is 4.03. The number of aromatic nitrogens is 2. The average Bonchev–Trinajstić information content (AvgIpc) is 2.26. The van der Waals surface area contributed by atoms with Crippen molar-refractivity contribution in [2.45, 2.75) is 13.8 Å². The van der Waals surface area contributed by atoms with Gasteiger partial charge < -0.3 is 10.1 Å². The van der Waals surface area contributed by atoms with Crippen molar-refractivity contribution in [3.63, 3.8) is 0 Å². The van der Waals surface area contributed by atoms with E-state index in [-0.39, 0.29) is 0 Å². The zero-order chi connectivity index (χ0) is 12.8. The Bertz CT molecular complexity index is 435. The summed E-state index contributed by atoms with van der Waals surface area (Å²) >= 11 is 5.60. The number of hydrogen-bond acceptors (Lipinski definition) is 5. The van der Waals surface area contributed by atoms with E-state index in [2.05, 4.69) is 21.9 Å². The molecule has 92 valence electrons. The second kappa shape index (κ2) is 6.20. The quantitative estimate of drug-likeness (QED) is 0.817. The van der Waals surface area contributed by atoms with Crippen molar-refractivity contribution in [2.75, 3.05) is 18.5 Å². The van der Waals surface area contributed by atoms with Gasteiger partial charge in [0.05, 0.1) is 24.4 Å². The van der Waals surface area contributed by atoms with Crippen molar-refractivity contribution in [3.8, 4) is 0 Å². The lowest BCUT2D eigenvalue weighted by Gasteiger charge is -2.07. The molecule has 1 aromatic heterocycles. The second-order valence-electron chi connectivity index (χ2n) is 3.28. The summed E-state index contributed by atoms with van der Waals surface area (Å²) in [7, 11) is 0. The molecule has 0 unspecified atom stereocenters. The number of halogens is 1. The number of anilines is 1. The molecule has 0 atom stereocenters. The van der Waals surface area contributed by atoms with Gasteiger partial charge in [-0.3, -0.25) is 0 Å². The number of ether oxygens (including phenoxy) is 1. The topological polar surface area (TPSA) is 64.1 Å². The second-order valence-corrected chi connectivity index (χ2v) is 3.82. The summed E-state index contributed by atoms with van der Waals surface area (Å²) in [5, 5.41) is 3.34. The van der Waals surface area contributed by atoms with Crippen LogP contribution in [0.4, 0.5) is 5.95 Å². The summed E-state index contributed by atoms with van der Waals surface area (Å²) in [5.41, 5.74) is 0.920. The Kier molecular flexibility index (Phi) is 4.90. The van der Waals surface area contributed by atoms with E-state index in [1.165, 1.54) is 6.20 Å². The lowest BCUT2D eigenvalue weighted by atomic mass is 10.2. The number of nitrogens with zero attached hydrogens (tertiary/aromatic N) is 2. The fraction of sp³-hybridized carbons (Fsp3) is 0.364. The molecule has 6 heteroatoms. The van der Waals surface area contributed by atoms with E-state index in [0.29, 0.717) is 35.4 Å². The average molecular weight is 256 g/mol. The van der Waals surface area contributed by atoms with Crippen LogP contribution in [0, 0.1) is 6.92 Å². The Morgan fingerprint density at radius 2 is 2.35 bits per heavy atom. The molecule has 0 spiro atoms. The monoisotopic (exact) mass is 255 g/mol. The third-order valence-electron chi connectivity index (χ3n) is 1.91. The molecule has 0 fully saturated rings. The van der Waals surface area contributed by atoms with E-state index in [1.807, 2.05) is 0 Å². The highest BCUT2D eigenvalue weighted by Gasteiger charge is 2.12. The van der Waals surface area contributed by atoms with Crippen LogP contribution < -0.4 is 5.32 Å². The van der Waals surface area contributed by atoms with Gasteiger partial charge in [-0.15, -0.1) is 0 Å². The molecule has 17 heavy (non-hydrogen) atoms. The van der Waals surface area contributed by atoms with Crippen LogP contribution in [0.1, 0.15) is 23.0 Å². The SMILES string of the molecule is C=C(Cl)CNc1ncc(C(=O)OCC)c(C)n1. The van der Waals surface area contributed by atoms with Crippen LogP contribution in [0.3, 0.4) is 0 Å². The van der Waals surface area contributed by atoms with E-state index < -0.39 is 5.97 Å². The highest BCUT2D eigenvalue weighted by molar-refractivity contribution is 6.29. The predicted octanol–water partition coefficient (Wildman–Crippen LogP) is 2.13. The largest absolute Gasteiger partial charge is 0.462 e. The van der Waals surface area contributed by atoms with Gasteiger partial charge in [-0.2, -0.15) is 0 Å². The minimum atomic E-state index is -0.418. The first-order valence-electron chi connectivity index (χ1n) is 5.12. The molecule has 0 aliphatic rings. The molecule has 1 N–H and O–H groups in total. The van der Waals surface area contributed by atoms with Gasteiger partial charge in [0, 0.05) is 11.2 Å². The van der Waals surface area contributed by atoms with Gasteiger partial charge >= 0.3 is 5.97 Å². The maximum Gasteiger partial charge on any atom is 0.341 e. The minimum absolute atomic E-state index is 0.324. The van der Waals surface area contributed by atoms with Crippen molar-refractivity contribution in [1.82, 2.24) is 9.97 Å². The molecule has 5 nitrogen and oxygen atoms in total. The van der Waals surface area contributed by atoms with E-state index in [4.69, 9.17) is 16.3 Å². The van der Waals surface area contributed by atoms with E-state index in [9.17, 15) is 4.79 Å². The molecule has 1 aromatic rings. The van der Waals surface area contributed by atoms with Crippen LogP contribution in [0.2, 0.25) is 0 Å². The Hall–Kier alpha value is -1.62. The normalized spacial score (nSPS) is 9.82. The fourth-order valence-electron chi connectivity index (χ4n) is 1.14. The predicted molar refractivity (Wildman–Crippen MR) is 66.2 cm³/mol. The number of aryl methyl sites for hydroxylation is 1. The van der Waals surface area contributed by atoms with E-state index in [1.54, 1.807) is 13.8 Å². The molecule has 1 rings (SSSR count). The van der Waals surface area contributed by atoms with Gasteiger partial charge in [-0.25, -0.2) is 14.8 Å². The van der Waals surface area contributed by atoms with Crippen LogP contribution in [0.5, 0.6) is 0 Å². The van der Waals surface area contributed by atoms with Gasteiger partial charge in [-0.05, 0) is 13.8 Å². The minimum Gasteiger partial charge on any atom is -0.462 e. The van der Waals surface area contributed by atoms with Crippen molar-refractivity contribution in [1.29, 1.82) is 0 Å². The van der Waals surface area contributed by atoms with Gasteiger partial charge in [-0.1, -0.05) is 18.2 Å². The number of carbonyl (C=O) groups is 1. The highest BCUT2D eigenvalue weighted by atomic mass is 35.5. The zero-order valence-electron chi connectivity index (χ0n) is 9.79. The van der Waals surface area contributed by atoms with E-state index >= 15 is 0 Å². The molecule has 0 radical (unpaired) electrons. The zero-order valence-corrected chi connectivity index (χ0v) is 10.5. The summed E-state index contributed by atoms with van der Waals surface area (Å²) < 4.78 is 4.87. The number of carbonyl (C=O) groups excluding carboxylic acids is 1. The van der Waals surface area contributed by atoms with Crippen molar-refractivity contribution >= 4 is 23.5 Å². The number of rotatable bonds is 5. The summed E-state index contributed by atoms with van der Waals surface area (Å²) in [5.74, 6) is -0.0179. The van der Waals surface area contributed by atoms with Crippen LogP contribution in [-0.2, 0) is 4.74 Å². The Labute approximate surface area is 105 Å². The first-order chi connectivity index (χ1) is 8.04. The number of hydrogen-bond donors (Lipinski definition) is 1. The maximum absolute atomic E-state index is 11.5. The van der Waals surface area contributed by atoms with Gasteiger partial charge in [0.15, 0.2) is 0 Å². The number of esters is 1. The molecule has 0 saturated heterocycles. The lowest BCUT2D eigenvalue weighted by Crippen LogP contribution is -2.11. The number of nitrogens with one attached hydrogen (secondary N) is 1. The Morgan fingerprint density at radius 1 is 1.65 bits per heavy atom. The Balaban J connectivity index is 2.79. The molecule has 0 aromatic carbocycles. The van der Waals surface area contributed by atoms with Crippen molar-refractivity contribution in [3.05, 3.63) is 29.1 Å². The Morgan fingerprint density at radius 3 is 2.88 bits per heavy atom. The van der Waals surface area contributed by atoms with Gasteiger partial charge in [0.1, 0.15) is 0 Å². The fourth-order valence-corrected chi connectivity index (χ4v) is 1.20. The first kappa shape index (κ1) is 13.4. The summed E-state index contributed by atoms with van der Waals surface area (Å²) in [6, 6.07) is 0. The summed E-state index contributed by atoms with van der Waals surface area (Å²) in [4.78, 5) is 19.6. The smallest absolute Gasteiger partial charge is 0.341 e. The molecular weight excluding hydrogens is 242 g/mol. The lowest BCUT2D eigenvalue weighted by molar-refractivity contribution is 0.0524. The molecule has 0 amide bonds. The van der Waals surface area contributed by atoms with E-state index in [0.717, 1.165) is 0 Å². The maximum atomic E-state index is 11.5. The molecule has 0 bridgehead atoms. The van der Waals surface area contributed by atoms with Gasteiger partial charge in [0.2, 0.25) is 5.95 Å². The van der Waals surface area contributed by atoms with Crippen LogP contribution in [0.15, 0.2) is 17.8 Å². The first-order valence-corrected chi connectivity index (χ1v) is 5.50. The molecule has 0 aliphatic heterocycles. The molecule has 0 aliphatic carbocycles. The van der Waals surface area contributed by atoms with Crippen molar-refractivity contribution < 1.29 is 9.53 Å². The molecule has 1 heterocycles. The van der Waals surface area contributed by atoms with Crippen LogP contribution >= 0.6 is 11.6 Å². The summed E-state index contributed by atoms with van der Waals surface area (Å²) in [6.07, 6.45) is 1.43. The van der Waals surface area contributed by atoms with Crippen molar-refractivity contribution in [2.24, 2.45) is 0 Å². The van der Waals surface area contributed by atoms with Crippen LogP contribution in [-0.4, -0.2) is 29.1 Å². The highest BCUT2D eigenvalue weighted by Crippen LogP contribution is 2.09. The summed E-state index contributed by atoms with van der Waals surface area (Å²) in [6.45, 7) is 7.70. The molecular formula is C11H14ClN3O2. The standard InChI is InChI=1S/C11H14ClN3O2/c1-4-17-10(16)9-6-14-11(15-8(9)3)13-5-7(2)12/h6H,2,4-5H2,1,3H3,(H,13,14,15). The third-order valence-corrected chi connectivity index (χ3v) is 2.05. The van der Waals surface area contributed by atoms with Gasteiger partial charge in [0.25, 0.3) is 0 Å². The van der Waals surface area contributed by atoms with Crippen LogP contribution in [0.25, 0.3) is 0 Å².